The summed E-state index contributed by atoms with van der Waals surface area (Å²) in [4.78, 5) is 0. The second-order valence-electron chi connectivity index (χ2n) is 3.85. The van der Waals surface area contributed by atoms with Crippen LogP contribution in [0.25, 0.3) is 21.5 Å². The molecule has 0 heterocycles. The van der Waals surface area contributed by atoms with Gasteiger partial charge in [-0.25, -0.2) is 13.2 Å². The molecule has 84 valence electrons. The average molecular weight is 232 g/mol. The van der Waals surface area contributed by atoms with Crippen LogP contribution < -0.4 is 0 Å². The molecule has 3 aromatic carbocycles. The first-order valence-electron chi connectivity index (χ1n) is 5.13. The largest absolute Gasteiger partial charge is 0.206 e. The molecular weight excluding hydrogens is 225 g/mol. The van der Waals surface area contributed by atoms with Crippen LogP contribution in [0.1, 0.15) is 0 Å². The van der Waals surface area contributed by atoms with Crippen LogP contribution in [0.5, 0.6) is 0 Å². The van der Waals surface area contributed by atoms with Crippen molar-refractivity contribution < 1.29 is 13.2 Å². The molecule has 0 aliphatic heterocycles. The van der Waals surface area contributed by atoms with E-state index in [1.54, 1.807) is 6.07 Å². The highest BCUT2D eigenvalue weighted by molar-refractivity contribution is 6.08. The third-order valence-electron chi connectivity index (χ3n) is 2.88. The van der Waals surface area contributed by atoms with Crippen molar-refractivity contribution in [3.63, 3.8) is 0 Å². The Morgan fingerprint density at radius 3 is 2.00 bits per heavy atom. The van der Waals surface area contributed by atoms with Gasteiger partial charge in [-0.2, -0.15) is 0 Å². The lowest BCUT2D eigenvalue weighted by atomic mass is 10.0. The van der Waals surface area contributed by atoms with Gasteiger partial charge in [0.25, 0.3) is 0 Å². The monoisotopic (exact) mass is 232 g/mol. The first-order chi connectivity index (χ1) is 8.18. The van der Waals surface area contributed by atoms with Gasteiger partial charge in [-0.15, -0.1) is 0 Å². The van der Waals surface area contributed by atoms with Gasteiger partial charge in [-0.3, -0.25) is 0 Å². The fourth-order valence-corrected chi connectivity index (χ4v) is 2.10. The summed E-state index contributed by atoms with van der Waals surface area (Å²) < 4.78 is 40.8. The van der Waals surface area contributed by atoms with E-state index in [-0.39, 0.29) is 10.8 Å². The molecule has 0 aliphatic rings. The average Bonchev–Trinajstić information content (AvgIpc) is 2.33. The molecule has 3 rings (SSSR count). The summed E-state index contributed by atoms with van der Waals surface area (Å²) in [6.07, 6.45) is 0. The predicted octanol–water partition coefficient (Wildman–Crippen LogP) is 4.41. The summed E-state index contributed by atoms with van der Waals surface area (Å²) in [5.41, 5.74) is 0. The van der Waals surface area contributed by atoms with Gasteiger partial charge in [-0.1, -0.05) is 24.3 Å². The maximum atomic E-state index is 13.7. The number of hydrogen-bond acceptors (Lipinski definition) is 0. The van der Waals surface area contributed by atoms with Crippen LogP contribution in [0.3, 0.4) is 0 Å². The summed E-state index contributed by atoms with van der Waals surface area (Å²) in [7, 11) is 0. The molecule has 17 heavy (non-hydrogen) atoms. The van der Waals surface area contributed by atoms with Crippen molar-refractivity contribution in [3.05, 3.63) is 59.9 Å². The summed E-state index contributed by atoms with van der Waals surface area (Å²) in [5, 5.41) is 0.981. The lowest BCUT2D eigenvalue weighted by Gasteiger charge is -2.06. The van der Waals surface area contributed by atoms with Gasteiger partial charge >= 0.3 is 0 Å². The predicted molar refractivity (Wildman–Crippen MR) is 61.3 cm³/mol. The zero-order valence-corrected chi connectivity index (χ0v) is 8.68. The minimum Gasteiger partial charge on any atom is -0.206 e. The number of rotatable bonds is 0. The normalized spacial score (nSPS) is 11.2. The van der Waals surface area contributed by atoms with Gasteiger partial charge < -0.3 is 0 Å². The van der Waals surface area contributed by atoms with Crippen molar-refractivity contribution in [2.24, 2.45) is 0 Å². The van der Waals surface area contributed by atoms with Crippen LogP contribution in [-0.4, -0.2) is 0 Å². The fraction of sp³-hybridized carbons (Fsp3) is 0. The van der Waals surface area contributed by atoms with Crippen molar-refractivity contribution in [2.75, 3.05) is 0 Å². The molecule has 0 bridgehead atoms. The van der Waals surface area contributed by atoms with Crippen LogP contribution in [0.2, 0.25) is 0 Å². The topological polar surface area (TPSA) is 0 Å². The zero-order chi connectivity index (χ0) is 12.0. The van der Waals surface area contributed by atoms with E-state index in [1.807, 2.05) is 0 Å². The van der Waals surface area contributed by atoms with Crippen LogP contribution >= 0.6 is 0 Å². The molecule has 3 aromatic rings. The van der Waals surface area contributed by atoms with E-state index in [2.05, 4.69) is 0 Å². The van der Waals surface area contributed by atoms with Gasteiger partial charge in [0.15, 0.2) is 0 Å². The summed E-state index contributed by atoms with van der Waals surface area (Å²) in [6, 6.07) is 9.37. The third-order valence-corrected chi connectivity index (χ3v) is 2.88. The Labute approximate surface area is 95.3 Å². The van der Waals surface area contributed by atoms with Crippen molar-refractivity contribution >= 4 is 21.5 Å². The maximum Gasteiger partial charge on any atom is 0.131 e. The Morgan fingerprint density at radius 1 is 0.529 bits per heavy atom. The van der Waals surface area contributed by atoms with E-state index < -0.39 is 17.5 Å². The van der Waals surface area contributed by atoms with Gasteiger partial charge in [0.05, 0.1) is 0 Å². The second kappa shape index (κ2) is 3.48. The summed E-state index contributed by atoms with van der Waals surface area (Å²) in [6.45, 7) is 0. The minimum absolute atomic E-state index is 0.127. The highest BCUT2D eigenvalue weighted by Gasteiger charge is 2.11. The Bertz CT molecular complexity index is 732. The number of hydrogen-bond donors (Lipinski definition) is 0. The summed E-state index contributed by atoms with van der Waals surface area (Å²) in [5.74, 6) is -1.49. The molecule has 0 N–H and O–H groups in total. The van der Waals surface area contributed by atoms with Crippen LogP contribution in [-0.2, 0) is 0 Å². The van der Waals surface area contributed by atoms with Crippen molar-refractivity contribution in [1.82, 2.24) is 0 Å². The van der Waals surface area contributed by atoms with Crippen molar-refractivity contribution in [3.8, 4) is 0 Å². The number of halogens is 3. The molecule has 0 spiro atoms. The van der Waals surface area contributed by atoms with E-state index in [4.69, 9.17) is 0 Å². The minimum atomic E-state index is -0.544. The standard InChI is InChI=1S/C14H7F3/c15-11-3-1-2-9-8(11)4-5-10-12(16)6-7-13(17)14(9)10/h1-7H. The Kier molecular flexibility index (Phi) is 2.08. The summed E-state index contributed by atoms with van der Waals surface area (Å²) >= 11 is 0. The third kappa shape index (κ3) is 1.39. The molecule has 0 aromatic heterocycles. The molecule has 0 unspecified atom stereocenters. The van der Waals surface area contributed by atoms with E-state index >= 15 is 0 Å². The van der Waals surface area contributed by atoms with Gasteiger partial charge in [0.1, 0.15) is 17.5 Å². The fourth-order valence-electron chi connectivity index (χ4n) is 2.10. The van der Waals surface area contributed by atoms with Crippen LogP contribution in [0, 0.1) is 17.5 Å². The number of fused-ring (bicyclic) bond motifs is 3. The second-order valence-corrected chi connectivity index (χ2v) is 3.85. The molecule has 0 atom stereocenters. The van der Waals surface area contributed by atoms with E-state index in [0.717, 1.165) is 12.1 Å². The zero-order valence-electron chi connectivity index (χ0n) is 8.68. The smallest absolute Gasteiger partial charge is 0.131 e. The van der Waals surface area contributed by atoms with Crippen molar-refractivity contribution in [2.45, 2.75) is 0 Å². The lowest BCUT2D eigenvalue weighted by molar-refractivity contribution is 0.618. The molecule has 0 saturated heterocycles. The molecule has 0 nitrogen and oxygen atoms in total. The Balaban J connectivity index is 2.65. The molecule has 0 radical (unpaired) electrons. The van der Waals surface area contributed by atoms with Gasteiger partial charge in [0, 0.05) is 16.2 Å². The van der Waals surface area contributed by atoms with Crippen LogP contribution in [0.15, 0.2) is 42.5 Å². The van der Waals surface area contributed by atoms with E-state index in [0.29, 0.717) is 10.8 Å². The highest BCUT2D eigenvalue weighted by Crippen LogP contribution is 2.30. The maximum absolute atomic E-state index is 13.7. The van der Waals surface area contributed by atoms with Crippen LogP contribution in [0.4, 0.5) is 13.2 Å². The Hall–Kier alpha value is -2.03. The molecule has 0 amide bonds. The quantitative estimate of drug-likeness (QED) is 0.503. The SMILES string of the molecule is Fc1cccc2c1ccc1c(F)ccc(F)c12. The molecule has 0 saturated carbocycles. The Morgan fingerprint density at radius 2 is 1.18 bits per heavy atom. The van der Waals surface area contributed by atoms with E-state index in [1.165, 1.54) is 24.3 Å². The van der Waals surface area contributed by atoms with Gasteiger partial charge in [0.2, 0.25) is 0 Å². The number of benzene rings is 3. The first-order valence-corrected chi connectivity index (χ1v) is 5.13. The lowest BCUT2D eigenvalue weighted by Crippen LogP contribution is -1.88. The van der Waals surface area contributed by atoms with Crippen molar-refractivity contribution in [1.29, 1.82) is 0 Å². The molecular formula is C14H7F3. The molecule has 3 heteroatoms. The van der Waals surface area contributed by atoms with Gasteiger partial charge in [-0.05, 0) is 23.6 Å². The first kappa shape index (κ1) is 10.1. The van der Waals surface area contributed by atoms with E-state index in [9.17, 15) is 13.2 Å². The highest BCUT2D eigenvalue weighted by atomic mass is 19.1. The molecule has 0 aliphatic carbocycles. The molecule has 0 fully saturated rings.